The summed E-state index contributed by atoms with van der Waals surface area (Å²) >= 11 is 0. The van der Waals surface area contributed by atoms with Crippen molar-refractivity contribution in [3.8, 4) is 11.1 Å². The Bertz CT molecular complexity index is 1020. The number of hydrogen-bond donors (Lipinski definition) is 1. The largest absolute Gasteiger partial charge is 0.441 e. The van der Waals surface area contributed by atoms with Gasteiger partial charge < -0.3 is 10.1 Å². The van der Waals surface area contributed by atoms with Gasteiger partial charge >= 0.3 is 6.09 Å². The highest BCUT2D eigenvalue weighted by molar-refractivity contribution is 5.88. The predicted molar refractivity (Wildman–Crippen MR) is 119 cm³/mol. The van der Waals surface area contributed by atoms with Crippen molar-refractivity contribution in [2.45, 2.75) is 31.3 Å². The summed E-state index contributed by atoms with van der Waals surface area (Å²) in [4.78, 5) is 26.8. The van der Waals surface area contributed by atoms with Crippen molar-refractivity contribution >= 4 is 17.7 Å². The lowest BCUT2D eigenvalue weighted by Crippen LogP contribution is -2.39. The lowest BCUT2D eigenvalue weighted by Gasteiger charge is -2.35. The summed E-state index contributed by atoms with van der Waals surface area (Å²) in [6.45, 7) is 1.42. The van der Waals surface area contributed by atoms with Crippen LogP contribution in [0, 0.1) is 5.92 Å². The molecule has 1 saturated carbocycles. The van der Waals surface area contributed by atoms with Gasteiger partial charge in [-0.25, -0.2) is 14.8 Å². The summed E-state index contributed by atoms with van der Waals surface area (Å²) < 4.78 is 5.81. The van der Waals surface area contributed by atoms with E-state index >= 15 is 0 Å². The molecule has 5 rings (SSSR count). The van der Waals surface area contributed by atoms with E-state index in [1.165, 1.54) is 5.56 Å². The van der Waals surface area contributed by atoms with Crippen LogP contribution in [-0.2, 0) is 4.74 Å². The van der Waals surface area contributed by atoms with Crippen LogP contribution in [0.5, 0.6) is 0 Å². The molecule has 0 unspecified atom stereocenters. The summed E-state index contributed by atoms with van der Waals surface area (Å²) in [5.41, 5.74) is 1.88. The molecule has 3 aromatic rings. The van der Waals surface area contributed by atoms with E-state index in [1.807, 2.05) is 30.5 Å². The Hall–Kier alpha value is -3.48. The Balaban J connectivity index is 1.14. The Morgan fingerprint density at radius 3 is 2.55 bits per heavy atom. The first-order valence-corrected chi connectivity index (χ1v) is 10.7. The molecule has 0 bridgehead atoms. The number of rotatable bonds is 5. The van der Waals surface area contributed by atoms with Crippen molar-refractivity contribution in [1.82, 2.24) is 15.0 Å². The maximum Gasteiger partial charge on any atom is 0.416 e. The first-order chi connectivity index (χ1) is 15.2. The van der Waals surface area contributed by atoms with Crippen LogP contribution in [-0.4, -0.2) is 39.7 Å². The summed E-state index contributed by atoms with van der Waals surface area (Å²) in [5, 5.41) is 3.47. The molecule has 158 valence electrons. The Morgan fingerprint density at radius 2 is 1.84 bits per heavy atom. The summed E-state index contributed by atoms with van der Waals surface area (Å²) in [7, 11) is 0. The topological polar surface area (TPSA) is 80.2 Å². The number of aromatic nitrogens is 3. The van der Waals surface area contributed by atoms with E-state index in [0.717, 1.165) is 43.6 Å². The zero-order chi connectivity index (χ0) is 21.1. The number of pyridine rings is 1. The van der Waals surface area contributed by atoms with Crippen molar-refractivity contribution in [2.75, 3.05) is 23.3 Å². The monoisotopic (exact) mass is 415 g/mol. The zero-order valence-corrected chi connectivity index (χ0v) is 17.3. The molecule has 7 nitrogen and oxygen atoms in total. The van der Waals surface area contributed by atoms with Gasteiger partial charge in [0.25, 0.3) is 0 Å². The molecule has 7 heteroatoms. The molecule has 2 aliphatic rings. The number of nitrogens with zero attached hydrogens (tertiary/aromatic N) is 4. The SMILES string of the molecule is O=C1OC2(CCC(CNc3ccc(-c4ccccc4)cn3)CC2)CN1c1cnccn1. The number of carbonyl (C=O) groups excluding carboxylic acids is 1. The molecule has 1 amide bonds. The minimum atomic E-state index is -0.402. The third kappa shape index (κ3) is 4.21. The van der Waals surface area contributed by atoms with Crippen LogP contribution < -0.4 is 10.2 Å². The molecule has 1 aliphatic carbocycles. The van der Waals surface area contributed by atoms with Crippen molar-refractivity contribution < 1.29 is 9.53 Å². The second-order valence-electron chi connectivity index (χ2n) is 8.32. The van der Waals surface area contributed by atoms with Gasteiger partial charge in [-0.3, -0.25) is 9.88 Å². The van der Waals surface area contributed by atoms with Crippen LogP contribution >= 0.6 is 0 Å². The fourth-order valence-electron chi connectivity index (χ4n) is 4.45. The number of anilines is 2. The van der Waals surface area contributed by atoms with Crippen LogP contribution in [0.4, 0.5) is 16.4 Å². The molecule has 31 heavy (non-hydrogen) atoms. The van der Waals surface area contributed by atoms with E-state index in [2.05, 4.69) is 38.5 Å². The first-order valence-electron chi connectivity index (χ1n) is 10.7. The molecule has 3 heterocycles. The van der Waals surface area contributed by atoms with E-state index in [1.54, 1.807) is 23.5 Å². The lowest BCUT2D eigenvalue weighted by atomic mass is 9.78. The quantitative estimate of drug-likeness (QED) is 0.659. The molecule has 0 radical (unpaired) electrons. The number of benzene rings is 1. The standard InChI is InChI=1S/C24H25N5O2/c30-23-29(22-16-25-12-13-26-22)17-24(31-23)10-8-18(9-11-24)14-27-21-7-6-20(15-28-21)19-4-2-1-3-5-19/h1-7,12-13,15-16,18H,8-11,14,17H2,(H,27,28). The van der Waals surface area contributed by atoms with Crippen molar-refractivity contribution in [2.24, 2.45) is 5.92 Å². The van der Waals surface area contributed by atoms with Gasteiger partial charge in [0.15, 0.2) is 5.82 Å². The smallest absolute Gasteiger partial charge is 0.416 e. The average molecular weight is 415 g/mol. The number of ether oxygens (including phenoxy) is 1. The average Bonchev–Trinajstić information content (AvgIpc) is 3.16. The zero-order valence-electron chi connectivity index (χ0n) is 17.3. The molecule has 0 atom stereocenters. The third-order valence-electron chi connectivity index (χ3n) is 6.26. The van der Waals surface area contributed by atoms with E-state index < -0.39 is 5.60 Å². The maximum absolute atomic E-state index is 12.4. The van der Waals surface area contributed by atoms with Gasteiger partial charge in [0.2, 0.25) is 0 Å². The fourth-order valence-corrected chi connectivity index (χ4v) is 4.45. The summed E-state index contributed by atoms with van der Waals surface area (Å²) in [5.74, 6) is 1.98. The van der Waals surface area contributed by atoms with Crippen molar-refractivity contribution in [3.63, 3.8) is 0 Å². The highest BCUT2D eigenvalue weighted by Crippen LogP contribution is 2.40. The van der Waals surface area contributed by atoms with E-state index in [9.17, 15) is 4.79 Å². The molecule has 1 saturated heterocycles. The molecule has 1 N–H and O–H groups in total. The number of hydrogen-bond acceptors (Lipinski definition) is 6. The molecular weight excluding hydrogens is 390 g/mol. The molecule has 1 aromatic carbocycles. The Labute approximate surface area is 181 Å². The van der Waals surface area contributed by atoms with Crippen molar-refractivity contribution in [3.05, 3.63) is 67.3 Å². The number of amides is 1. The van der Waals surface area contributed by atoms with Gasteiger partial charge in [-0.2, -0.15) is 0 Å². The molecule has 2 fully saturated rings. The van der Waals surface area contributed by atoms with E-state index in [-0.39, 0.29) is 6.09 Å². The van der Waals surface area contributed by atoms with Gasteiger partial charge in [0, 0.05) is 30.7 Å². The fraction of sp³-hybridized carbons (Fsp3) is 0.333. The lowest BCUT2D eigenvalue weighted by molar-refractivity contribution is 0.0148. The highest BCUT2D eigenvalue weighted by atomic mass is 16.6. The second kappa shape index (κ2) is 8.34. The van der Waals surface area contributed by atoms with Crippen LogP contribution in [0.3, 0.4) is 0 Å². The molecule has 1 aliphatic heterocycles. The molecule has 2 aromatic heterocycles. The van der Waals surface area contributed by atoms with Gasteiger partial charge in [-0.15, -0.1) is 0 Å². The van der Waals surface area contributed by atoms with Gasteiger partial charge in [-0.05, 0) is 49.3 Å². The summed E-state index contributed by atoms with van der Waals surface area (Å²) in [6, 6.07) is 14.4. The van der Waals surface area contributed by atoms with Crippen LogP contribution in [0.2, 0.25) is 0 Å². The molecule has 1 spiro atoms. The van der Waals surface area contributed by atoms with E-state index in [4.69, 9.17) is 4.74 Å². The van der Waals surface area contributed by atoms with Crippen LogP contribution in [0.25, 0.3) is 11.1 Å². The minimum Gasteiger partial charge on any atom is -0.441 e. The number of carbonyl (C=O) groups is 1. The molecular formula is C24H25N5O2. The first kappa shape index (κ1) is 19.5. The highest BCUT2D eigenvalue weighted by Gasteiger charge is 2.48. The van der Waals surface area contributed by atoms with Crippen LogP contribution in [0.1, 0.15) is 25.7 Å². The Morgan fingerprint density at radius 1 is 1.00 bits per heavy atom. The van der Waals surface area contributed by atoms with E-state index in [0.29, 0.717) is 18.3 Å². The normalized spacial score (nSPS) is 23.0. The third-order valence-corrected chi connectivity index (χ3v) is 6.26. The van der Waals surface area contributed by atoms with Gasteiger partial charge in [-0.1, -0.05) is 30.3 Å². The minimum absolute atomic E-state index is 0.320. The Kier molecular flexibility index (Phi) is 5.24. The second-order valence-corrected chi connectivity index (χ2v) is 8.32. The summed E-state index contributed by atoms with van der Waals surface area (Å²) in [6.07, 6.45) is 10.1. The van der Waals surface area contributed by atoms with Crippen molar-refractivity contribution in [1.29, 1.82) is 0 Å². The predicted octanol–water partition coefficient (Wildman–Crippen LogP) is 4.54. The van der Waals surface area contributed by atoms with Crippen LogP contribution in [0.15, 0.2) is 67.3 Å². The van der Waals surface area contributed by atoms with Gasteiger partial charge in [0.05, 0.1) is 12.7 Å². The number of nitrogens with one attached hydrogen (secondary N) is 1. The van der Waals surface area contributed by atoms with Gasteiger partial charge in [0.1, 0.15) is 11.4 Å². The maximum atomic E-state index is 12.4.